The summed E-state index contributed by atoms with van der Waals surface area (Å²) >= 11 is 0. The minimum absolute atomic E-state index is 0.0601. The van der Waals surface area contributed by atoms with Crippen LogP contribution in [0.15, 0.2) is 91.0 Å². The molecular formula is C30H31FN2O3. The Kier molecular flexibility index (Phi) is 8.92. The van der Waals surface area contributed by atoms with Gasteiger partial charge in [0.1, 0.15) is 23.9 Å². The predicted molar refractivity (Wildman–Crippen MR) is 142 cm³/mol. The highest BCUT2D eigenvalue weighted by molar-refractivity contribution is 5.78. The number of hydrogen-bond acceptors (Lipinski definition) is 5. The molecule has 0 saturated heterocycles. The summed E-state index contributed by atoms with van der Waals surface area (Å²) in [6.07, 6.45) is 0. The number of aliphatic hydroxyl groups excluding tert-OH is 1. The molecule has 0 spiro atoms. The van der Waals surface area contributed by atoms with Crippen molar-refractivity contribution in [3.63, 3.8) is 0 Å². The van der Waals surface area contributed by atoms with Gasteiger partial charge in [-0.25, -0.2) is 4.39 Å². The summed E-state index contributed by atoms with van der Waals surface area (Å²) in [5, 5.41) is 15.9. The zero-order valence-electron chi connectivity index (χ0n) is 20.3. The van der Waals surface area contributed by atoms with E-state index < -0.39 is 0 Å². The molecule has 186 valence electrons. The van der Waals surface area contributed by atoms with Crippen molar-refractivity contribution in [2.45, 2.75) is 19.7 Å². The molecule has 4 aromatic carbocycles. The van der Waals surface area contributed by atoms with E-state index >= 15 is 0 Å². The molecule has 4 aromatic rings. The van der Waals surface area contributed by atoms with Crippen molar-refractivity contribution in [2.24, 2.45) is 0 Å². The van der Waals surface area contributed by atoms with Gasteiger partial charge in [-0.15, -0.1) is 0 Å². The van der Waals surface area contributed by atoms with Gasteiger partial charge >= 0.3 is 0 Å². The molecule has 36 heavy (non-hydrogen) atoms. The van der Waals surface area contributed by atoms with Gasteiger partial charge in [0, 0.05) is 30.8 Å². The zero-order chi connectivity index (χ0) is 25.2. The van der Waals surface area contributed by atoms with Crippen LogP contribution in [0.25, 0.3) is 11.1 Å². The highest BCUT2D eigenvalue weighted by Gasteiger charge is 2.12. The molecule has 0 bridgehead atoms. The molecule has 0 amide bonds. The van der Waals surface area contributed by atoms with E-state index in [1.54, 1.807) is 19.2 Å². The molecule has 0 aliphatic rings. The Morgan fingerprint density at radius 2 is 1.61 bits per heavy atom. The van der Waals surface area contributed by atoms with Crippen molar-refractivity contribution in [2.75, 3.05) is 25.6 Å². The van der Waals surface area contributed by atoms with Gasteiger partial charge in [0.2, 0.25) is 0 Å². The lowest BCUT2D eigenvalue weighted by atomic mass is 10.0. The second-order valence-electron chi connectivity index (χ2n) is 8.36. The highest BCUT2D eigenvalue weighted by atomic mass is 19.1. The van der Waals surface area contributed by atoms with E-state index in [4.69, 9.17) is 14.6 Å². The predicted octanol–water partition coefficient (Wildman–Crippen LogP) is 5.77. The van der Waals surface area contributed by atoms with Gasteiger partial charge in [-0.1, -0.05) is 60.7 Å². The number of aliphatic hydroxyl groups is 1. The summed E-state index contributed by atoms with van der Waals surface area (Å²) in [4.78, 5) is 0. The highest BCUT2D eigenvalue weighted by Crippen LogP contribution is 2.36. The van der Waals surface area contributed by atoms with Crippen LogP contribution in [0, 0.1) is 5.82 Å². The molecule has 0 unspecified atom stereocenters. The molecule has 0 aromatic heterocycles. The van der Waals surface area contributed by atoms with Gasteiger partial charge in [0.15, 0.2) is 0 Å². The average Bonchev–Trinajstić information content (AvgIpc) is 2.92. The Balaban J connectivity index is 1.50. The molecule has 3 N–H and O–H groups in total. The summed E-state index contributed by atoms with van der Waals surface area (Å²) in [7, 11) is 1.69. The van der Waals surface area contributed by atoms with Crippen LogP contribution < -0.4 is 20.1 Å². The summed E-state index contributed by atoms with van der Waals surface area (Å²) in [6, 6.07) is 28.6. The van der Waals surface area contributed by atoms with E-state index in [9.17, 15) is 4.39 Å². The SMILES string of the molecule is COc1c(NCc2ccc(OCc3ccc(F)cc3)c(CNCCO)c2)cccc1-c1ccccc1. The van der Waals surface area contributed by atoms with Crippen LogP contribution in [0.5, 0.6) is 11.5 Å². The number of benzene rings is 4. The van der Waals surface area contributed by atoms with Crippen molar-refractivity contribution in [1.82, 2.24) is 5.32 Å². The third kappa shape index (κ3) is 6.62. The first-order valence-electron chi connectivity index (χ1n) is 11.9. The van der Waals surface area contributed by atoms with Gasteiger partial charge in [-0.2, -0.15) is 0 Å². The minimum atomic E-state index is -0.268. The first kappa shape index (κ1) is 25.2. The fourth-order valence-electron chi connectivity index (χ4n) is 4.00. The third-order valence-corrected chi connectivity index (χ3v) is 5.82. The Morgan fingerprint density at radius 3 is 2.36 bits per heavy atom. The maximum absolute atomic E-state index is 13.2. The van der Waals surface area contributed by atoms with Crippen molar-refractivity contribution >= 4 is 5.69 Å². The molecule has 0 aliphatic carbocycles. The van der Waals surface area contributed by atoms with E-state index in [-0.39, 0.29) is 12.4 Å². The van der Waals surface area contributed by atoms with Crippen molar-refractivity contribution in [3.8, 4) is 22.6 Å². The molecular weight excluding hydrogens is 455 g/mol. The minimum Gasteiger partial charge on any atom is -0.494 e. The molecule has 0 atom stereocenters. The van der Waals surface area contributed by atoms with Crippen LogP contribution in [0.3, 0.4) is 0 Å². The number of anilines is 1. The van der Waals surface area contributed by atoms with E-state index in [1.807, 2.05) is 42.5 Å². The number of methoxy groups -OCH3 is 1. The normalized spacial score (nSPS) is 10.8. The van der Waals surface area contributed by atoms with E-state index in [0.717, 1.165) is 45.0 Å². The number of hydrogen-bond donors (Lipinski definition) is 3. The van der Waals surface area contributed by atoms with Crippen LogP contribution in [0.1, 0.15) is 16.7 Å². The summed E-state index contributed by atoms with van der Waals surface area (Å²) in [5.41, 5.74) is 5.99. The lowest BCUT2D eigenvalue weighted by Gasteiger charge is -2.17. The van der Waals surface area contributed by atoms with Crippen LogP contribution in [-0.2, 0) is 19.7 Å². The van der Waals surface area contributed by atoms with Gasteiger partial charge in [-0.3, -0.25) is 0 Å². The van der Waals surface area contributed by atoms with Gasteiger partial charge in [0.05, 0.1) is 19.4 Å². The lowest BCUT2D eigenvalue weighted by molar-refractivity contribution is 0.288. The van der Waals surface area contributed by atoms with Crippen LogP contribution >= 0.6 is 0 Å². The topological polar surface area (TPSA) is 62.8 Å². The van der Waals surface area contributed by atoms with Crippen molar-refractivity contribution in [1.29, 1.82) is 0 Å². The second kappa shape index (κ2) is 12.7. The average molecular weight is 487 g/mol. The maximum atomic E-state index is 13.2. The molecule has 0 fully saturated rings. The van der Waals surface area contributed by atoms with Gasteiger partial charge in [0.25, 0.3) is 0 Å². The van der Waals surface area contributed by atoms with Crippen LogP contribution in [-0.4, -0.2) is 25.4 Å². The second-order valence-corrected chi connectivity index (χ2v) is 8.36. The number of nitrogens with one attached hydrogen (secondary N) is 2. The monoisotopic (exact) mass is 486 g/mol. The molecule has 0 heterocycles. The Bertz CT molecular complexity index is 1250. The Morgan fingerprint density at radius 1 is 0.833 bits per heavy atom. The van der Waals surface area contributed by atoms with E-state index in [1.165, 1.54) is 12.1 Å². The third-order valence-electron chi connectivity index (χ3n) is 5.82. The fourth-order valence-corrected chi connectivity index (χ4v) is 4.00. The Hall–Kier alpha value is -3.87. The number of halogens is 1. The van der Waals surface area contributed by atoms with E-state index in [0.29, 0.717) is 26.2 Å². The molecule has 0 saturated carbocycles. The molecule has 0 radical (unpaired) electrons. The first-order valence-corrected chi connectivity index (χ1v) is 11.9. The number of ether oxygens (including phenoxy) is 2. The molecule has 5 nitrogen and oxygen atoms in total. The van der Waals surface area contributed by atoms with Crippen LogP contribution in [0.2, 0.25) is 0 Å². The molecule has 0 aliphatic heterocycles. The first-order chi connectivity index (χ1) is 17.7. The van der Waals surface area contributed by atoms with Crippen molar-refractivity contribution in [3.05, 3.63) is 114 Å². The molecule has 4 rings (SSSR count). The summed E-state index contributed by atoms with van der Waals surface area (Å²) in [6.45, 7) is 2.04. The summed E-state index contributed by atoms with van der Waals surface area (Å²) < 4.78 is 25.0. The van der Waals surface area contributed by atoms with Gasteiger partial charge < -0.3 is 25.2 Å². The standard InChI is InChI=1S/C30H31FN2O3/c1-35-30-27(24-6-3-2-4-7-24)8-5-9-28(30)33-19-23-12-15-29(25(18-23)20-32-16-17-34)36-21-22-10-13-26(31)14-11-22/h2-15,18,32-34H,16-17,19-21H2,1H3. The van der Waals surface area contributed by atoms with Crippen molar-refractivity contribution < 1.29 is 19.0 Å². The lowest BCUT2D eigenvalue weighted by Crippen LogP contribution is -2.18. The number of rotatable bonds is 12. The maximum Gasteiger partial charge on any atom is 0.149 e. The van der Waals surface area contributed by atoms with E-state index in [2.05, 4.69) is 34.9 Å². The molecule has 6 heteroatoms. The number of para-hydroxylation sites is 1. The summed E-state index contributed by atoms with van der Waals surface area (Å²) in [5.74, 6) is 1.28. The van der Waals surface area contributed by atoms with Crippen LogP contribution in [0.4, 0.5) is 10.1 Å². The quantitative estimate of drug-likeness (QED) is 0.222. The largest absolute Gasteiger partial charge is 0.494 e. The Labute approximate surface area is 211 Å². The zero-order valence-corrected chi connectivity index (χ0v) is 20.3. The smallest absolute Gasteiger partial charge is 0.149 e. The van der Waals surface area contributed by atoms with Gasteiger partial charge in [-0.05, 0) is 47.0 Å². The fraction of sp³-hybridized carbons (Fsp3) is 0.200.